The van der Waals surface area contributed by atoms with Crippen LogP contribution in [0, 0.1) is 11.3 Å². The van der Waals surface area contributed by atoms with E-state index in [0.717, 1.165) is 31.3 Å². The Hall–Kier alpha value is -2.61. The first-order valence-electron chi connectivity index (χ1n) is 9.44. The predicted octanol–water partition coefficient (Wildman–Crippen LogP) is 2.52. The van der Waals surface area contributed by atoms with Crippen LogP contribution in [0.5, 0.6) is 0 Å². The smallest absolute Gasteiger partial charge is 0.246 e. The van der Waals surface area contributed by atoms with Gasteiger partial charge in [-0.25, -0.2) is 0 Å². The Morgan fingerprint density at radius 1 is 1.12 bits per heavy atom. The summed E-state index contributed by atoms with van der Waals surface area (Å²) in [4.78, 5) is 29.2. The van der Waals surface area contributed by atoms with Crippen LogP contribution in [0.1, 0.15) is 43.2 Å². The van der Waals surface area contributed by atoms with Crippen LogP contribution in [0.4, 0.5) is 0 Å². The maximum absolute atomic E-state index is 12.9. The van der Waals surface area contributed by atoms with E-state index in [0.29, 0.717) is 25.9 Å². The molecule has 1 aromatic rings. The zero-order chi connectivity index (χ0) is 18.1. The van der Waals surface area contributed by atoms with Gasteiger partial charge < -0.3 is 9.80 Å². The number of nitrogens with zero attached hydrogens (tertiary/aromatic N) is 3. The van der Waals surface area contributed by atoms with Crippen LogP contribution in [0.2, 0.25) is 0 Å². The van der Waals surface area contributed by atoms with E-state index in [9.17, 15) is 14.9 Å². The summed E-state index contributed by atoms with van der Waals surface area (Å²) in [6.45, 7) is 1.27. The van der Waals surface area contributed by atoms with Gasteiger partial charge in [0.25, 0.3) is 0 Å². The standard InChI is InChI=1S/C21H23N3O2/c22-14-18-7-3-9-23(18)21(26)19-8-4-10-24(19)20(25)13-15-11-16-5-1-2-6-17(16)12-15/h1-2,5-6,11,18-19H,3-4,7-10,12-13H2/t18-,19-/m0/s1. The minimum atomic E-state index is -0.388. The lowest BCUT2D eigenvalue weighted by molar-refractivity contribution is -0.143. The van der Waals surface area contributed by atoms with Gasteiger partial charge in [0.2, 0.25) is 11.8 Å². The summed E-state index contributed by atoms with van der Waals surface area (Å²) in [5, 5.41) is 9.25. The van der Waals surface area contributed by atoms with Crippen LogP contribution in [0.25, 0.3) is 6.08 Å². The molecule has 3 aliphatic rings. The van der Waals surface area contributed by atoms with Crippen molar-refractivity contribution in [3.05, 3.63) is 41.0 Å². The number of carbonyl (C=O) groups excluding carboxylic acids is 2. The molecule has 0 N–H and O–H groups in total. The topological polar surface area (TPSA) is 64.4 Å². The summed E-state index contributed by atoms with van der Waals surface area (Å²) in [6.07, 6.45) is 6.47. The fourth-order valence-corrected chi connectivity index (χ4v) is 4.44. The summed E-state index contributed by atoms with van der Waals surface area (Å²) in [7, 11) is 0. The van der Waals surface area contributed by atoms with Crippen LogP contribution >= 0.6 is 0 Å². The highest BCUT2D eigenvalue weighted by Gasteiger charge is 2.40. The molecule has 134 valence electrons. The number of nitriles is 1. The van der Waals surface area contributed by atoms with Crippen LogP contribution in [-0.4, -0.2) is 46.8 Å². The summed E-state index contributed by atoms with van der Waals surface area (Å²) < 4.78 is 0. The number of hydrogen-bond acceptors (Lipinski definition) is 3. The SMILES string of the molecule is N#C[C@@H]1CCCN1C(=O)[C@@H]1CCCN1C(=O)CC1=Cc2ccccc2C1. The highest BCUT2D eigenvalue weighted by Crippen LogP contribution is 2.29. The second kappa shape index (κ2) is 6.95. The van der Waals surface area contributed by atoms with Gasteiger partial charge in [0.05, 0.1) is 6.07 Å². The van der Waals surface area contributed by atoms with E-state index in [4.69, 9.17) is 0 Å². The first-order valence-corrected chi connectivity index (χ1v) is 9.44. The summed E-state index contributed by atoms with van der Waals surface area (Å²) in [5.74, 6) is -0.00352. The van der Waals surface area contributed by atoms with Gasteiger partial charge in [-0.2, -0.15) is 5.26 Å². The molecule has 2 atom stereocenters. The average Bonchev–Trinajstić information content (AvgIpc) is 3.38. The molecule has 0 spiro atoms. The maximum Gasteiger partial charge on any atom is 0.246 e. The first-order chi connectivity index (χ1) is 12.7. The van der Waals surface area contributed by atoms with E-state index < -0.39 is 0 Å². The molecule has 4 rings (SSSR count). The van der Waals surface area contributed by atoms with Crippen molar-refractivity contribution in [2.75, 3.05) is 13.1 Å². The second-order valence-electron chi connectivity index (χ2n) is 7.42. The van der Waals surface area contributed by atoms with Crippen LogP contribution in [0.15, 0.2) is 29.8 Å². The lowest BCUT2D eigenvalue weighted by Crippen LogP contribution is -2.49. The van der Waals surface area contributed by atoms with Crippen LogP contribution in [-0.2, 0) is 16.0 Å². The predicted molar refractivity (Wildman–Crippen MR) is 97.8 cm³/mol. The van der Waals surface area contributed by atoms with Gasteiger partial charge in [-0.05, 0) is 43.2 Å². The molecule has 0 bridgehead atoms. The molecule has 5 nitrogen and oxygen atoms in total. The third kappa shape index (κ3) is 3.01. The Kier molecular flexibility index (Phi) is 4.50. The number of carbonyl (C=O) groups is 2. The Morgan fingerprint density at radius 3 is 2.69 bits per heavy atom. The Balaban J connectivity index is 1.43. The second-order valence-corrected chi connectivity index (χ2v) is 7.42. The highest BCUT2D eigenvalue weighted by atomic mass is 16.2. The van der Waals surface area contributed by atoms with Gasteiger partial charge in [0.1, 0.15) is 12.1 Å². The van der Waals surface area contributed by atoms with Crippen molar-refractivity contribution in [3.63, 3.8) is 0 Å². The molecular formula is C21H23N3O2. The van der Waals surface area contributed by atoms with E-state index >= 15 is 0 Å². The fourth-order valence-electron chi connectivity index (χ4n) is 4.44. The zero-order valence-corrected chi connectivity index (χ0v) is 14.9. The molecule has 2 heterocycles. The van der Waals surface area contributed by atoms with E-state index in [2.05, 4.69) is 24.3 Å². The molecule has 5 heteroatoms. The van der Waals surface area contributed by atoms with Crippen molar-refractivity contribution < 1.29 is 9.59 Å². The first kappa shape index (κ1) is 16.8. The molecule has 26 heavy (non-hydrogen) atoms. The minimum Gasteiger partial charge on any atom is -0.330 e. The molecule has 0 aromatic heterocycles. The summed E-state index contributed by atoms with van der Waals surface area (Å²) >= 11 is 0. The molecule has 2 aliphatic heterocycles. The molecular weight excluding hydrogens is 326 g/mol. The van der Waals surface area contributed by atoms with Gasteiger partial charge in [0.15, 0.2) is 0 Å². The van der Waals surface area contributed by atoms with Crippen molar-refractivity contribution in [1.29, 1.82) is 5.26 Å². The zero-order valence-electron chi connectivity index (χ0n) is 14.9. The number of likely N-dealkylation sites (tertiary alicyclic amines) is 2. The van der Waals surface area contributed by atoms with Crippen LogP contribution < -0.4 is 0 Å². The molecule has 0 saturated carbocycles. The average molecular weight is 349 g/mol. The number of rotatable bonds is 3. The minimum absolute atomic E-state index is 0.0348. The van der Waals surface area contributed by atoms with Crippen molar-refractivity contribution >= 4 is 17.9 Å². The molecule has 0 radical (unpaired) electrons. The summed E-state index contributed by atoms with van der Waals surface area (Å²) in [5.41, 5.74) is 3.57. The third-order valence-electron chi connectivity index (χ3n) is 5.75. The third-order valence-corrected chi connectivity index (χ3v) is 5.75. The Bertz CT molecular complexity index is 808. The Labute approximate surface area is 153 Å². The highest BCUT2D eigenvalue weighted by molar-refractivity contribution is 5.90. The van der Waals surface area contributed by atoms with Crippen LogP contribution in [0.3, 0.4) is 0 Å². The van der Waals surface area contributed by atoms with Gasteiger partial charge in [-0.15, -0.1) is 0 Å². The molecule has 1 aliphatic carbocycles. The molecule has 2 amide bonds. The van der Waals surface area contributed by atoms with Crippen molar-refractivity contribution in [2.45, 2.75) is 50.6 Å². The molecule has 2 saturated heterocycles. The molecule has 1 aromatic carbocycles. The van der Waals surface area contributed by atoms with Crippen molar-refractivity contribution in [3.8, 4) is 6.07 Å². The van der Waals surface area contributed by atoms with Gasteiger partial charge in [0, 0.05) is 19.5 Å². The number of fused-ring (bicyclic) bond motifs is 1. The maximum atomic E-state index is 12.9. The summed E-state index contributed by atoms with van der Waals surface area (Å²) in [6, 6.07) is 9.71. The van der Waals surface area contributed by atoms with E-state index in [1.54, 1.807) is 9.80 Å². The van der Waals surface area contributed by atoms with Gasteiger partial charge >= 0.3 is 0 Å². The van der Waals surface area contributed by atoms with E-state index in [1.807, 2.05) is 12.1 Å². The van der Waals surface area contributed by atoms with Crippen molar-refractivity contribution in [2.24, 2.45) is 0 Å². The molecule has 0 unspecified atom stereocenters. The lowest BCUT2D eigenvalue weighted by Gasteiger charge is -2.29. The number of benzene rings is 1. The van der Waals surface area contributed by atoms with Gasteiger partial charge in [-0.1, -0.05) is 35.9 Å². The van der Waals surface area contributed by atoms with Crippen molar-refractivity contribution in [1.82, 2.24) is 9.80 Å². The number of amides is 2. The van der Waals surface area contributed by atoms with Gasteiger partial charge in [-0.3, -0.25) is 9.59 Å². The molecule has 2 fully saturated rings. The quantitative estimate of drug-likeness (QED) is 0.842. The van der Waals surface area contributed by atoms with E-state index in [-0.39, 0.29) is 23.9 Å². The largest absolute Gasteiger partial charge is 0.330 e. The monoisotopic (exact) mass is 349 g/mol. The fraction of sp³-hybridized carbons (Fsp3) is 0.476. The number of hydrogen-bond donors (Lipinski definition) is 0. The Morgan fingerprint density at radius 2 is 1.88 bits per heavy atom. The van der Waals surface area contributed by atoms with E-state index in [1.165, 1.54) is 11.1 Å². The lowest BCUT2D eigenvalue weighted by atomic mass is 10.1. The normalized spacial score (nSPS) is 24.3.